The number of nitrogens with one attached hydrogen (secondary N) is 1. The highest BCUT2D eigenvalue weighted by molar-refractivity contribution is 5.44. The van der Waals surface area contributed by atoms with Gasteiger partial charge in [-0.3, -0.25) is 4.98 Å². The van der Waals surface area contributed by atoms with Gasteiger partial charge in [-0.15, -0.1) is 0 Å². The Bertz CT molecular complexity index is 291. The van der Waals surface area contributed by atoms with Crippen molar-refractivity contribution < 1.29 is 0 Å². The van der Waals surface area contributed by atoms with Gasteiger partial charge in [0.2, 0.25) is 0 Å². The summed E-state index contributed by atoms with van der Waals surface area (Å²) in [4.78, 5) is 6.52. The molecule has 0 amide bonds. The molecule has 0 radical (unpaired) electrons. The van der Waals surface area contributed by atoms with Crippen molar-refractivity contribution >= 4 is 5.69 Å². The van der Waals surface area contributed by atoms with Gasteiger partial charge in [-0.1, -0.05) is 6.92 Å². The molecule has 0 aromatic carbocycles. The van der Waals surface area contributed by atoms with Crippen molar-refractivity contribution in [3.05, 3.63) is 24.5 Å². The van der Waals surface area contributed by atoms with E-state index in [9.17, 15) is 0 Å². The Morgan fingerprint density at radius 2 is 2.00 bits per heavy atom. The molecule has 16 heavy (non-hydrogen) atoms. The highest BCUT2D eigenvalue weighted by Crippen LogP contribution is 2.21. The quantitative estimate of drug-likeness (QED) is 0.838. The van der Waals surface area contributed by atoms with Gasteiger partial charge in [0.05, 0.1) is 0 Å². The maximum absolute atomic E-state index is 4.06. The fraction of sp³-hybridized carbons (Fsp3) is 0.615. The average molecular weight is 219 g/mol. The van der Waals surface area contributed by atoms with E-state index in [0.29, 0.717) is 0 Å². The molecule has 88 valence electrons. The summed E-state index contributed by atoms with van der Waals surface area (Å²) in [5.74, 6) is 0.859. The van der Waals surface area contributed by atoms with Crippen LogP contribution >= 0.6 is 0 Å². The van der Waals surface area contributed by atoms with Crippen molar-refractivity contribution in [3.63, 3.8) is 0 Å². The second-order valence-electron chi connectivity index (χ2n) is 4.44. The summed E-state index contributed by atoms with van der Waals surface area (Å²) in [6.45, 7) is 6.80. The van der Waals surface area contributed by atoms with Crippen LogP contribution in [0.3, 0.4) is 0 Å². The Balaban J connectivity index is 1.81. The maximum atomic E-state index is 4.06. The molecule has 3 heteroatoms. The Labute approximate surface area is 97.9 Å². The van der Waals surface area contributed by atoms with Gasteiger partial charge in [-0.25, -0.2) is 0 Å². The van der Waals surface area contributed by atoms with Crippen LogP contribution in [0.15, 0.2) is 24.5 Å². The van der Waals surface area contributed by atoms with Gasteiger partial charge in [0, 0.05) is 31.2 Å². The van der Waals surface area contributed by atoms with Crippen LogP contribution in [-0.4, -0.2) is 31.2 Å². The number of pyridine rings is 1. The first kappa shape index (κ1) is 11.4. The molecule has 0 saturated carbocycles. The number of rotatable bonds is 4. The smallest absolute Gasteiger partial charge is 0.0397 e. The van der Waals surface area contributed by atoms with E-state index in [1.165, 1.54) is 38.2 Å². The van der Waals surface area contributed by atoms with E-state index in [0.717, 1.165) is 12.5 Å². The summed E-state index contributed by atoms with van der Waals surface area (Å²) >= 11 is 0. The van der Waals surface area contributed by atoms with Crippen LogP contribution in [0.5, 0.6) is 0 Å². The average Bonchev–Trinajstić information content (AvgIpc) is 2.38. The van der Waals surface area contributed by atoms with E-state index >= 15 is 0 Å². The molecule has 0 aliphatic carbocycles. The first-order valence-electron chi connectivity index (χ1n) is 6.26. The van der Waals surface area contributed by atoms with Crippen molar-refractivity contribution in [1.29, 1.82) is 0 Å². The zero-order valence-electron chi connectivity index (χ0n) is 10.0. The van der Waals surface area contributed by atoms with Gasteiger partial charge in [-0.2, -0.15) is 0 Å². The molecule has 2 heterocycles. The molecular weight excluding hydrogens is 198 g/mol. The lowest BCUT2D eigenvalue weighted by molar-refractivity contribution is 0.386. The summed E-state index contributed by atoms with van der Waals surface area (Å²) in [6.07, 6.45) is 6.35. The van der Waals surface area contributed by atoms with Gasteiger partial charge >= 0.3 is 0 Å². The molecule has 1 aliphatic heterocycles. The summed E-state index contributed by atoms with van der Waals surface area (Å²) in [5.41, 5.74) is 1.32. The monoisotopic (exact) mass is 219 g/mol. The molecule has 1 aliphatic rings. The summed E-state index contributed by atoms with van der Waals surface area (Å²) < 4.78 is 0. The van der Waals surface area contributed by atoms with Gasteiger partial charge in [0.25, 0.3) is 0 Å². The van der Waals surface area contributed by atoms with Crippen molar-refractivity contribution in [1.82, 2.24) is 10.3 Å². The minimum Gasteiger partial charge on any atom is -0.371 e. The predicted octanol–water partition coefficient (Wildman–Crippen LogP) is 1.91. The second kappa shape index (κ2) is 5.85. The van der Waals surface area contributed by atoms with E-state index in [4.69, 9.17) is 0 Å². The van der Waals surface area contributed by atoms with Crippen LogP contribution in [0.1, 0.15) is 19.8 Å². The normalized spacial score (nSPS) is 17.7. The van der Waals surface area contributed by atoms with Gasteiger partial charge in [-0.05, 0) is 44.0 Å². The topological polar surface area (TPSA) is 28.2 Å². The van der Waals surface area contributed by atoms with Crippen LogP contribution < -0.4 is 10.2 Å². The molecule has 2 rings (SSSR count). The zero-order chi connectivity index (χ0) is 11.2. The molecule has 1 N–H and O–H groups in total. The first-order valence-corrected chi connectivity index (χ1v) is 6.26. The van der Waals surface area contributed by atoms with Gasteiger partial charge in [0.1, 0.15) is 0 Å². The molecule has 0 unspecified atom stereocenters. The fourth-order valence-electron chi connectivity index (χ4n) is 2.30. The SMILES string of the molecule is CCNCC1CCN(c2ccncc2)CC1. The molecule has 0 spiro atoms. The molecule has 1 aromatic rings. The van der Waals surface area contributed by atoms with Crippen molar-refractivity contribution in [3.8, 4) is 0 Å². The summed E-state index contributed by atoms with van der Waals surface area (Å²) in [6, 6.07) is 4.20. The third kappa shape index (κ3) is 2.95. The van der Waals surface area contributed by atoms with Crippen LogP contribution in [0.25, 0.3) is 0 Å². The number of hydrogen-bond donors (Lipinski definition) is 1. The standard InChI is InChI=1S/C13H21N3/c1-2-14-11-12-5-9-16(10-6-12)13-3-7-15-8-4-13/h3-4,7-8,12,14H,2,5-6,9-11H2,1H3. The van der Waals surface area contributed by atoms with Crippen LogP contribution in [0, 0.1) is 5.92 Å². The maximum Gasteiger partial charge on any atom is 0.0397 e. The van der Waals surface area contributed by atoms with Crippen molar-refractivity contribution in [2.75, 3.05) is 31.1 Å². The van der Waals surface area contributed by atoms with E-state index in [-0.39, 0.29) is 0 Å². The van der Waals surface area contributed by atoms with Crippen molar-refractivity contribution in [2.24, 2.45) is 5.92 Å². The Morgan fingerprint density at radius 3 is 2.62 bits per heavy atom. The molecular formula is C13H21N3. The molecule has 3 nitrogen and oxygen atoms in total. The lowest BCUT2D eigenvalue weighted by atomic mass is 9.96. The molecule has 1 aromatic heterocycles. The van der Waals surface area contributed by atoms with Crippen molar-refractivity contribution in [2.45, 2.75) is 19.8 Å². The Kier molecular flexibility index (Phi) is 4.17. The summed E-state index contributed by atoms with van der Waals surface area (Å²) in [7, 11) is 0. The third-order valence-electron chi connectivity index (χ3n) is 3.33. The highest BCUT2D eigenvalue weighted by atomic mass is 15.1. The lowest BCUT2D eigenvalue weighted by Gasteiger charge is -2.33. The third-order valence-corrected chi connectivity index (χ3v) is 3.33. The zero-order valence-corrected chi connectivity index (χ0v) is 10.0. The minimum absolute atomic E-state index is 0.859. The lowest BCUT2D eigenvalue weighted by Crippen LogP contribution is -2.37. The second-order valence-corrected chi connectivity index (χ2v) is 4.44. The molecule has 0 bridgehead atoms. The number of hydrogen-bond acceptors (Lipinski definition) is 3. The minimum atomic E-state index is 0.859. The largest absolute Gasteiger partial charge is 0.371 e. The Hall–Kier alpha value is -1.09. The predicted molar refractivity (Wildman–Crippen MR) is 67.7 cm³/mol. The number of piperidine rings is 1. The van der Waals surface area contributed by atoms with Crippen LogP contribution in [-0.2, 0) is 0 Å². The first-order chi connectivity index (χ1) is 7.90. The van der Waals surface area contributed by atoms with E-state index in [1.807, 2.05) is 12.4 Å². The number of anilines is 1. The molecule has 1 fully saturated rings. The van der Waals surface area contributed by atoms with E-state index < -0.39 is 0 Å². The molecule has 0 atom stereocenters. The van der Waals surface area contributed by atoms with E-state index in [1.54, 1.807) is 0 Å². The van der Waals surface area contributed by atoms with Crippen LogP contribution in [0.2, 0.25) is 0 Å². The van der Waals surface area contributed by atoms with Gasteiger partial charge in [0.15, 0.2) is 0 Å². The summed E-state index contributed by atoms with van der Waals surface area (Å²) in [5, 5.41) is 3.44. The number of aromatic nitrogens is 1. The highest BCUT2D eigenvalue weighted by Gasteiger charge is 2.18. The van der Waals surface area contributed by atoms with Gasteiger partial charge < -0.3 is 10.2 Å². The van der Waals surface area contributed by atoms with Crippen LogP contribution in [0.4, 0.5) is 5.69 Å². The number of nitrogens with zero attached hydrogens (tertiary/aromatic N) is 2. The fourth-order valence-corrected chi connectivity index (χ4v) is 2.30. The Morgan fingerprint density at radius 1 is 1.31 bits per heavy atom. The molecule has 1 saturated heterocycles. The van der Waals surface area contributed by atoms with E-state index in [2.05, 4.69) is 34.3 Å².